The fraction of sp³-hybridized carbons (Fsp3) is 0.714. The Balaban J connectivity index is 2.58. The highest BCUT2D eigenvalue weighted by molar-refractivity contribution is 5.08. The van der Waals surface area contributed by atoms with Gasteiger partial charge >= 0.3 is 0 Å². The van der Waals surface area contributed by atoms with Crippen molar-refractivity contribution in [1.82, 2.24) is 0 Å². The first-order chi connectivity index (χ1) is 4.24. The molecule has 2 nitrogen and oxygen atoms in total. The first kappa shape index (κ1) is 6.46. The Morgan fingerprint density at radius 3 is 2.67 bits per heavy atom. The van der Waals surface area contributed by atoms with Crippen LogP contribution < -0.4 is 0 Å². The quantitative estimate of drug-likeness (QED) is 0.585. The van der Waals surface area contributed by atoms with Crippen LogP contribution in [0.3, 0.4) is 0 Å². The molecule has 2 heteroatoms. The lowest BCUT2D eigenvalue weighted by Gasteiger charge is -2.00. The molecule has 1 N–H and O–H groups in total. The van der Waals surface area contributed by atoms with Crippen LogP contribution in [0.1, 0.15) is 26.7 Å². The third-order valence-electron chi connectivity index (χ3n) is 1.58. The first-order valence-electron chi connectivity index (χ1n) is 3.31. The molecule has 1 rings (SSSR count). The van der Waals surface area contributed by atoms with Crippen molar-refractivity contribution >= 4 is 0 Å². The van der Waals surface area contributed by atoms with Crippen LogP contribution in [0.2, 0.25) is 0 Å². The van der Waals surface area contributed by atoms with Crippen LogP contribution in [0.15, 0.2) is 11.5 Å². The Morgan fingerprint density at radius 1 is 1.78 bits per heavy atom. The Labute approximate surface area is 55.1 Å². The summed E-state index contributed by atoms with van der Waals surface area (Å²) in [6.45, 7) is 3.98. The van der Waals surface area contributed by atoms with Gasteiger partial charge in [0.05, 0.1) is 0 Å². The predicted molar refractivity (Wildman–Crippen MR) is 35.1 cm³/mol. The van der Waals surface area contributed by atoms with E-state index in [-0.39, 0.29) is 12.0 Å². The summed E-state index contributed by atoms with van der Waals surface area (Å²) in [6.07, 6.45) is 1.97. The minimum absolute atomic E-state index is 0.157. The highest BCUT2D eigenvalue weighted by Crippen LogP contribution is 2.24. The van der Waals surface area contributed by atoms with E-state index >= 15 is 0 Å². The number of aliphatic hydroxyl groups excluding tert-OH is 1. The van der Waals surface area contributed by atoms with Crippen LogP contribution in [0.4, 0.5) is 0 Å². The van der Waals surface area contributed by atoms with E-state index in [1.54, 1.807) is 0 Å². The molecule has 1 aliphatic heterocycles. The molecule has 0 saturated heterocycles. The van der Waals surface area contributed by atoms with Crippen molar-refractivity contribution in [3.05, 3.63) is 11.5 Å². The van der Waals surface area contributed by atoms with Crippen LogP contribution in [-0.2, 0) is 4.74 Å². The summed E-state index contributed by atoms with van der Waals surface area (Å²) in [7, 11) is 0. The molecule has 52 valence electrons. The molecule has 1 unspecified atom stereocenters. The second-order valence-corrected chi connectivity index (χ2v) is 2.39. The van der Waals surface area contributed by atoms with E-state index in [9.17, 15) is 0 Å². The summed E-state index contributed by atoms with van der Waals surface area (Å²) in [5.41, 5.74) is 1.04. The Hall–Kier alpha value is -0.660. The molecule has 0 saturated carbocycles. The number of aliphatic hydroxyl groups is 1. The molecule has 1 aliphatic rings. The van der Waals surface area contributed by atoms with Crippen molar-refractivity contribution in [2.24, 2.45) is 0 Å². The Bertz CT molecular complexity index is 138. The summed E-state index contributed by atoms with van der Waals surface area (Å²) in [6, 6.07) is 0. The van der Waals surface area contributed by atoms with Gasteiger partial charge in [0, 0.05) is 12.0 Å². The molecule has 0 aliphatic carbocycles. The van der Waals surface area contributed by atoms with Gasteiger partial charge in [-0.15, -0.1) is 0 Å². The molecule has 0 bridgehead atoms. The molecule has 1 atom stereocenters. The fourth-order valence-corrected chi connectivity index (χ4v) is 1.05. The van der Waals surface area contributed by atoms with Gasteiger partial charge in [-0.2, -0.15) is 0 Å². The molecule has 9 heavy (non-hydrogen) atoms. The number of hydrogen-bond donors (Lipinski definition) is 1. The molecule has 0 aromatic rings. The SMILES string of the molecule is CCC1=C(O)OC(C)C1. The lowest BCUT2D eigenvalue weighted by molar-refractivity contribution is 0.0678. The zero-order valence-electron chi connectivity index (χ0n) is 5.85. The third-order valence-corrected chi connectivity index (χ3v) is 1.58. The minimum atomic E-state index is 0.157. The summed E-state index contributed by atoms with van der Waals surface area (Å²) in [4.78, 5) is 0. The molecule has 1 heterocycles. The lowest BCUT2D eigenvalue weighted by atomic mass is 10.1. The van der Waals surface area contributed by atoms with E-state index in [1.165, 1.54) is 0 Å². The molecule has 0 radical (unpaired) electrons. The zero-order valence-corrected chi connectivity index (χ0v) is 5.85. The van der Waals surface area contributed by atoms with Gasteiger partial charge < -0.3 is 9.84 Å². The highest BCUT2D eigenvalue weighted by atomic mass is 16.6. The topological polar surface area (TPSA) is 29.5 Å². The average molecular weight is 128 g/mol. The van der Waals surface area contributed by atoms with E-state index in [4.69, 9.17) is 9.84 Å². The van der Waals surface area contributed by atoms with Crippen molar-refractivity contribution in [3.63, 3.8) is 0 Å². The Kier molecular flexibility index (Phi) is 1.65. The molecule has 0 fully saturated rings. The summed E-state index contributed by atoms with van der Waals surface area (Å²) < 4.78 is 5.00. The summed E-state index contributed by atoms with van der Waals surface area (Å²) >= 11 is 0. The standard InChI is InChI=1S/C7H12O2/c1-3-6-4-5(2)9-7(6)8/h5,8H,3-4H2,1-2H3. The second-order valence-electron chi connectivity index (χ2n) is 2.39. The second kappa shape index (κ2) is 2.29. The van der Waals surface area contributed by atoms with E-state index in [0.29, 0.717) is 0 Å². The van der Waals surface area contributed by atoms with Gasteiger partial charge in [-0.05, 0) is 13.3 Å². The van der Waals surface area contributed by atoms with Crippen LogP contribution in [0.5, 0.6) is 0 Å². The van der Waals surface area contributed by atoms with Gasteiger partial charge in [-0.1, -0.05) is 6.92 Å². The maximum Gasteiger partial charge on any atom is 0.276 e. The fourth-order valence-electron chi connectivity index (χ4n) is 1.05. The van der Waals surface area contributed by atoms with Crippen molar-refractivity contribution < 1.29 is 9.84 Å². The monoisotopic (exact) mass is 128 g/mol. The summed E-state index contributed by atoms with van der Waals surface area (Å²) in [5, 5.41) is 9.02. The van der Waals surface area contributed by atoms with E-state index in [0.717, 1.165) is 18.4 Å². The van der Waals surface area contributed by atoms with Gasteiger partial charge in [0.2, 0.25) is 0 Å². The van der Waals surface area contributed by atoms with Crippen LogP contribution in [-0.4, -0.2) is 11.2 Å². The smallest absolute Gasteiger partial charge is 0.276 e. The molecule has 0 aromatic carbocycles. The van der Waals surface area contributed by atoms with Crippen molar-refractivity contribution in [1.29, 1.82) is 0 Å². The molecule has 0 amide bonds. The largest absolute Gasteiger partial charge is 0.481 e. The van der Waals surface area contributed by atoms with Crippen LogP contribution >= 0.6 is 0 Å². The van der Waals surface area contributed by atoms with Crippen molar-refractivity contribution in [2.75, 3.05) is 0 Å². The number of hydrogen-bond acceptors (Lipinski definition) is 2. The van der Waals surface area contributed by atoms with Gasteiger partial charge in [0.15, 0.2) is 0 Å². The van der Waals surface area contributed by atoms with Crippen molar-refractivity contribution in [3.8, 4) is 0 Å². The lowest BCUT2D eigenvalue weighted by Crippen LogP contribution is -1.97. The van der Waals surface area contributed by atoms with Crippen molar-refractivity contribution in [2.45, 2.75) is 32.8 Å². The molecular formula is C7H12O2. The van der Waals surface area contributed by atoms with Gasteiger partial charge in [0.25, 0.3) is 5.95 Å². The predicted octanol–water partition coefficient (Wildman–Crippen LogP) is 1.97. The zero-order chi connectivity index (χ0) is 6.85. The van der Waals surface area contributed by atoms with Crippen LogP contribution in [0.25, 0.3) is 0 Å². The maximum absolute atomic E-state index is 9.02. The Morgan fingerprint density at radius 2 is 2.44 bits per heavy atom. The third kappa shape index (κ3) is 1.18. The normalized spacial score (nSPS) is 26.7. The average Bonchev–Trinajstić information content (AvgIpc) is 2.10. The van der Waals surface area contributed by atoms with Gasteiger partial charge in [0.1, 0.15) is 6.10 Å². The van der Waals surface area contributed by atoms with E-state index in [1.807, 2.05) is 13.8 Å². The number of ether oxygens (including phenoxy) is 1. The summed E-state index contributed by atoms with van der Waals surface area (Å²) in [5.74, 6) is 0.157. The number of rotatable bonds is 1. The first-order valence-corrected chi connectivity index (χ1v) is 3.31. The van der Waals surface area contributed by atoms with Crippen LogP contribution in [0, 0.1) is 0 Å². The van der Waals surface area contributed by atoms with E-state index < -0.39 is 0 Å². The highest BCUT2D eigenvalue weighted by Gasteiger charge is 2.19. The molecule has 0 spiro atoms. The molecule has 0 aromatic heterocycles. The molecular weight excluding hydrogens is 116 g/mol. The minimum Gasteiger partial charge on any atom is -0.481 e. The van der Waals surface area contributed by atoms with Gasteiger partial charge in [-0.3, -0.25) is 0 Å². The van der Waals surface area contributed by atoms with Gasteiger partial charge in [-0.25, -0.2) is 0 Å². The maximum atomic E-state index is 9.02. The van der Waals surface area contributed by atoms with E-state index in [2.05, 4.69) is 0 Å².